The lowest BCUT2D eigenvalue weighted by Gasteiger charge is -2.63. The van der Waals surface area contributed by atoms with Crippen molar-refractivity contribution in [1.29, 1.82) is 0 Å². The number of phenols is 1. The lowest BCUT2D eigenvalue weighted by molar-refractivity contribution is -0.0981. The number of aromatic hydroxyl groups is 1. The summed E-state index contributed by atoms with van der Waals surface area (Å²) in [6.07, 6.45) is 5.76. The van der Waals surface area contributed by atoms with E-state index in [9.17, 15) is 13.5 Å². The molecule has 2 fully saturated rings. The van der Waals surface area contributed by atoms with Gasteiger partial charge in [-0.1, -0.05) is 40.2 Å². The molecule has 0 amide bonds. The van der Waals surface area contributed by atoms with Crippen LogP contribution in [0, 0.1) is 22.7 Å². The fourth-order valence-electron chi connectivity index (χ4n) is 6.90. The number of hydrogen-bond acceptors (Lipinski definition) is 3. The van der Waals surface area contributed by atoms with Gasteiger partial charge in [-0.2, -0.15) is 0 Å². The lowest BCUT2D eigenvalue weighted by Crippen LogP contribution is -2.59. The average Bonchev–Trinajstić information content (AvgIpc) is 2.49. The van der Waals surface area contributed by atoms with Gasteiger partial charge in [-0.25, -0.2) is 8.42 Å². The molecule has 1 aromatic rings. The Labute approximate surface area is 151 Å². The Balaban J connectivity index is 1.91. The first-order valence-corrected chi connectivity index (χ1v) is 11.2. The number of rotatable bonds is 0. The van der Waals surface area contributed by atoms with E-state index in [4.69, 9.17) is 0 Å². The van der Waals surface area contributed by atoms with Crippen molar-refractivity contribution in [3.05, 3.63) is 23.8 Å². The maximum Gasteiger partial charge on any atom is 0.179 e. The first kappa shape index (κ1) is 17.4. The Morgan fingerprint density at radius 1 is 1.04 bits per heavy atom. The van der Waals surface area contributed by atoms with E-state index in [1.54, 1.807) is 6.07 Å². The van der Waals surface area contributed by atoms with Gasteiger partial charge in [0.1, 0.15) is 5.75 Å². The van der Waals surface area contributed by atoms with Crippen molar-refractivity contribution in [3.63, 3.8) is 0 Å². The number of phenolic OH excluding ortho intramolecular Hbond substituents is 1. The van der Waals surface area contributed by atoms with Crippen molar-refractivity contribution in [1.82, 2.24) is 0 Å². The topological polar surface area (TPSA) is 54.4 Å². The van der Waals surface area contributed by atoms with E-state index < -0.39 is 9.84 Å². The molecule has 4 atom stereocenters. The van der Waals surface area contributed by atoms with Gasteiger partial charge in [0.25, 0.3) is 0 Å². The molecule has 1 N–H and O–H groups in total. The van der Waals surface area contributed by atoms with E-state index in [2.05, 4.69) is 27.7 Å². The van der Waals surface area contributed by atoms with Crippen molar-refractivity contribution in [2.45, 2.75) is 70.1 Å². The Morgan fingerprint density at radius 3 is 2.48 bits per heavy atom. The minimum atomic E-state index is -3.36. The molecule has 2 aliphatic carbocycles. The lowest BCUT2D eigenvalue weighted by atomic mass is 9.43. The summed E-state index contributed by atoms with van der Waals surface area (Å²) in [5.41, 5.74) is 1.17. The van der Waals surface area contributed by atoms with Gasteiger partial charge in [0.2, 0.25) is 0 Å². The summed E-state index contributed by atoms with van der Waals surface area (Å²) in [6, 6.07) is 4.98. The molecule has 138 valence electrons. The standard InChI is InChI=1S/C21H30O3S/c1-19(2)9-5-10-21(4)17(19)8-11-20(3)15-7-6-14(22)12-16(15)25(23,24)13-18(20)21/h6-7,12,17-18,22H,5,8-11,13H2,1-4H3/t17-,18-,20-,21-/m0/s1. The molecule has 1 aliphatic heterocycles. The van der Waals surface area contributed by atoms with Crippen molar-refractivity contribution in [2.75, 3.05) is 5.75 Å². The molecule has 1 aromatic carbocycles. The molecule has 0 spiro atoms. The predicted molar refractivity (Wildman–Crippen MR) is 99.5 cm³/mol. The van der Waals surface area contributed by atoms with Crippen LogP contribution in [0.5, 0.6) is 5.75 Å². The normalized spacial score (nSPS) is 41.3. The molecule has 3 nitrogen and oxygen atoms in total. The highest BCUT2D eigenvalue weighted by molar-refractivity contribution is 7.91. The molecule has 0 aromatic heterocycles. The van der Waals surface area contributed by atoms with Gasteiger partial charge >= 0.3 is 0 Å². The van der Waals surface area contributed by atoms with Crippen molar-refractivity contribution >= 4 is 9.84 Å². The van der Waals surface area contributed by atoms with Crippen LogP contribution in [0.4, 0.5) is 0 Å². The SMILES string of the molecule is CC1(C)CCC[C@]2(C)[C@H]3CS(=O)(=O)c4cc(O)ccc4[C@]3(C)CC[C@@H]12. The Hall–Kier alpha value is -1.03. The smallest absolute Gasteiger partial charge is 0.179 e. The molecule has 1 heterocycles. The van der Waals surface area contributed by atoms with Crippen LogP contribution in [0.15, 0.2) is 23.1 Å². The summed E-state index contributed by atoms with van der Waals surface area (Å²) in [6.45, 7) is 9.38. The summed E-state index contributed by atoms with van der Waals surface area (Å²) in [5.74, 6) is 1.01. The second-order valence-electron chi connectivity index (χ2n) is 9.87. The third-order valence-electron chi connectivity index (χ3n) is 8.10. The third kappa shape index (κ3) is 2.25. The van der Waals surface area contributed by atoms with Crippen LogP contribution in [0.1, 0.15) is 65.4 Å². The van der Waals surface area contributed by atoms with Crippen LogP contribution < -0.4 is 0 Å². The van der Waals surface area contributed by atoms with Gasteiger partial charge in [0.05, 0.1) is 10.6 Å². The Kier molecular flexibility index (Phi) is 3.50. The van der Waals surface area contributed by atoms with Gasteiger partial charge in [0, 0.05) is 0 Å². The average molecular weight is 363 g/mol. The Bertz CT molecular complexity index is 826. The predicted octanol–water partition coefficient (Wildman–Crippen LogP) is 4.68. The molecule has 3 aliphatic rings. The Morgan fingerprint density at radius 2 is 1.76 bits per heavy atom. The van der Waals surface area contributed by atoms with E-state index in [-0.39, 0.29) is 33.7 Å². The molecule has 4 heteroatoms. The zero-order valence-corrected chi connectivity index (χ0v) is 16.6. The quantitative estimate of drug-likeness (QED) is 0.729. The first-order chi connectivity index (χ1) is 11.5. The third-order valence-corrected chi connectivity index (χ3v) is 9.88. The molecule has 25 heavy (non-hydrogen) atoms. The fourth-order valence-corrected chi connectivity index (χ4v) is 9.20. The molecule has 0 unspecified atom stereocenters. The van der Waals surface area contributed by atoms with Gasteiger partial charge in [0.15, 0.2) is 9.84 Å². The zero-order chi connectivity index (χ0) is 18.3. The van der Waals surface area contributed by atoms with E-state index >= 15 is 0 Å². The minimum Gasteiger partial charge on any atom is -0.508 e. The van der Waals surface area contributed by atoms with Gasteiger partial charge < -0.3 is 5.11 Å². The van der Waals surface area contributed by atoms with Crippen LogP contribution in [0.3, 0.4) is 0 Å². The second kappa shape index (κ2) is 5.03. The summed E-state index contributed by atoms with van der Waals surface area (Å²) in [4.78, 5) is 0.364. The summed E-state index contributed by atoms with van der Waals surface area (Å²) < 4.78 is 26.2. The van der Waals surface area contributed by atoms with E-state index in [0.717, 1.165) is 24.8 Å². The molecular formula is C21H30O3S. The first-order valence-electron chi connectivity index (χ1n) is 9.57. The van der Waals surface area contributed by atoms with Crippen molar-refractivity contribution < 1.29 is 13.5 Å². The molecule has 0 saturated heterocycles. The molecule has 0 bridgehead atoms. The van der Waals surface area contributed by atoms with Crippen LogP contribution in [-0.2, 0) is 15.3 Å². The highest BCUT2D eigenvalue weighted by atomic mass is 32.2. The molecular weight excluding hydrogens is 332 g/mol. The maximum atomic E-state index is 13.1. The van der Waals surface area contributed by atoms with E-state index in [1.165, 1.54) is 18.9 Å². The van der Waals surface area contributed by atoms with Gasteiger partial charge in [-0.3, -0.25) is 0 Å². The van der Waals surface area contributed by atoms with Crippen LogP contribution in [0.2, 0.25) is 0 Å². The van der Waals surface area contributed by atoms with Gasteiger partial charge in [-0.15, -0.1) is 0 Å². The highest BCUT2D eigenvalue weighted by Gasteiger charge is 2.61. The van der Waals surface area contributed by atoms with E-state index in [1.807, 2.05) is 6.07 Å². The maximum absolute atomic E-state index is 13.1. The van der Waals surface area contributed by atoms with E-state index in [0.29, 0.717) is 10.8 Å². The summed E-state index contributed by atoms with van der Waals surface area (Å²) in [5, 5.41) is 9.84. The highest BCUT2D eigenvalue weighted by Crippen LogP contribution is 2.66. The summed E-state index contributed by atoms with van der Waals surface area (Å²) in [7, 11) is -3.36. The second-order valence-corrected chi connectivity index (χ2v) is 11.9. The zero-order valence-electron chi connectivity index (χ0n) is 15.8. The van der Waals surface area contributed by atoms with Gasteiger partial charge in [-0.05, 0) is 71.5 Å². The number of hydrogen-bond donors (Lipinski definition) is 1. The van der Waals surface area contributed by atoms with Crippen LogP contribution in [0.25, 0.3) is 0 Å². The molecule has 4 rings (SSSR count). The number of benzene rings is 1. The summed E-state index contributed by atoms with van der Waals surface area (Å²) >= 11 is 0. The molecule has 0 radical (unpaired) electrons. The minimum absolute atomic E-state index is 0.0445. The van der Waals surface area contributed by atoms with Crippen molar-refractivity contribution in [3.8, 4) is 5.75 Å². The number of sulfone groups is 1. The van der Waals surface area contributed by atoms with Crippen LogP contribution >= 0.6 is 0 Å². The van der Waals surface area contributed by atoms with Crippen LogP contribution in [-0.4, -0.2) is 19.3 Å². The number of fused-ring (bicyclic) bond motifs is 5. The fraction of sp³-hybridized carbons (Fsp3) is 0.714. The largest absolute Gasteiger partial charge is 0.508 e. The molecule has 2 saturated carbocycles. The monoisotopic (exact) mass is 362 g/mol. The van der Waals surface area contributed by atoms with Crippen molar-refractivity contribution in [2.24, 2.45) is 22.7 Å².